The van der Waals surface area contributed by atoms with Crippen LogP contribution in [-0.4, -0.2) is 56.8 Å². The van der Waals surface area contributed by atoms with Crippen molar-refractivity contribution < 1.29 is 13.9 Å². The molecule has 2 aliphatic heterocycles. The summed E-state index contributed by atoms with van der Waals surface area (Å²) in [4.78, 5) is 18.2. The van der Waals surface area contributed by atoms with Gasteiger partial charge in [-0.1, -0.05) is 6.07 Å². The predicted molar refractivity (Wildman–Crippen MR) is 137 cm³/mol. The molecule has 0 bridgehead atoms. The maximum absolute atomic E-state index is 15.5. The van der Waals surface area contributed by atoms with Gasteiger partial charge in [-0.05, 0) is 49.8 Å². The molecule has 1 amide bonds. The summed E-state index contributed by atoms with van der Waals surface area (Å²) in [5.41, 5.74) is 6.18. The Balaban J connectivity index is 1.64. The van der Waals surface area contributed by atoms with Gasteiger partial charge in [0.2, 0.25) is 5.91 Å². The van der Waals surface area contributed by atoms with Gasteiger partial charge >= 0.3 is 0 Å². The number of aryl methyl sites for hydroxylation is 1. The first-order valence-electron chi connectivity index (χ1n) is 12.3. The van der Waals surface area contributed by atoms with E-state index in [0.29, 0.717) is 49.7 Å². The molecule has 3 aromatic rings. The van der Waals surface area contributed by atoms with E-state index in [0.717, 1.165) is 40.8 Å². The molecule has 0 saturated carbocycles. The second-order valence-corrected chi connectivity index (χ2v) is 9.48. The number of halogens is 1. The molecule has 0 atom stereocenters. The van der Waals surface area contributed by atoms with Crippen LogP contribution in [0.25, 0.3) is 23.0 Å². The second-order valence-electron chi connectivity index (χ2n) is 9.48. The van der Waals surface area contributed by atoms with Crippen molar-refractivity contribution in [1.82, 2.24) is 24.5 Å². The molecule has 1 aromatic carbocycles. The van der Waals surface area contributed by atoms with Crippen molar-refractivity contribution in [2.24, 2.45) is 12.0 Å². The summed E-state index contributed by atoms with van der Waals surface area (Å²) in [5.74, 6) is -0.323. The molecule has 2 aliphatic rings. The Morgan fingerprint density at radius 2 is 2.08 bits per heavy atom. The number of nitrogens with zero attached hydrogens (tertiary/aromatic N) is 6. The lowest BCUT2D eigenvalue weighted by atomic mass is 9.94. The molecule has 0 aliphatic carbocycles. The zero-order valence-electron chi connectivity index (χ0n) is 21.0. The van der Waals surface area contributed by atoms with Gasteiger partial charge in [-0.25, -0.2) is 4.39 Å². The molecule has 1 fully saturated rings. The number of aliphatic imine (C=N–C) groups is 1. The fraction of sp³-hybridized carbons (Fsp3) is 0.407. The Morgan fingerprint density at radius 3 is 2.75 bits per heavy atom. The number of ether oxygens (including phenoxy) is 1. The monoisotopic (exact) mass is 490 g/mol. The fourth-order valence-corrected chi connectivity index (χ4v) is 5.21. The summed E-state index contributed by atoms with van der Waals surface area (Å²) in [7, 11) is 1.84. The van der Waals surface area contributed by atoms with Crippen molar-refractivity contribution in [3.63, 3.8) is 0 Å². The van der Waals surface area contributed by atoms with Gasteiger partial charge in [0, 0.05) is 75.3 Å². The third-order valence-electron chi connectivity index (χ3n) is 7.22. The number of amides is 1. The zero-order chi connectivity index (χ0) is 25.4. The normalized spacial score (nSPS) is 16.8. The minimum absolute atomic E-state index is 0.0115. The van der Waals surface area contributed by atoms with Crippen molar-refractivity contribution in [3.05, 3.63) is 58.3 Å². The summed E-state index contributed by atoms with van der Waals surface area (Å²) in [5, 5.41) is 9.24. The summed E-state index contributed by atoms with van der Waals surface area (Å²) in [6, 6.07) is 3.43. The second kappa shape index (κ2) is 9.81. The molecular formula is C27H31FN6O2. The number of aromatic nitrogens is 4. The highest BCUT2D eigenvalue weighted by Crippen LogP contribution is 2.38. The van der Waals surface area contributed by atoms with Crippen LogP contribution < -0.4 is 0 Å². The quantitative estimate of drug-likeness (QED) is 0.503. The number of fused-ring (bicyclic) bond motifs is 1. The third kappa shape index (κ3) is 4.39. The number of carbonyl (C=O) groups excluding carboxylic acids is 1. The molecule has 4 heterocycles. The smallest absolute Gasteiger partial charge is 0.219 e. The highest BCUT2D eigenvalue weighted by Gasteiger charge is 2.31. The Bertz CT molecular complexity index is 1350. The van der Waals surface area contributed by atoms with Crippen molar-refractivity contribution in [1.29, 1.82) is 0 Å². The van der Waals surface area contributed by atoms with Crippen LogP contribution in [0.15, 0.2) is 29.5 Å². The minimum Gasteiger partial charge on any atom is -0.381 e. The van der Waals surface area contributed by atoms with Crippen LogP contribution in [0.2, 0.25) is 0 Å². The summed E-state index contributed by atoms with van der Waals surface area (Å²) < 4.78 is 24.9. The van der Waals surface area contributed by atoms with Crippen LogP contribution >= 0.6 is 0 Å². The van der Waals surface area contributed by atoms with E-state index in [-0.39, 0.29) is 17.8 Å². The van der Waals surface area contributed by atoms with Crippen LogP contribution in [0.1, 0.15) is 53.8 Å². The SMILES string of the molecule is C=N/C(=C\c1ccc(F)c(-c2nn(C3CCOCC3)c3c2CN(C(C)=O)CC3)c1C)c1cnn(C)c1. The lowest BCUT2D eigenvalue weighted by Gasteiger charge is -2.29. The zero-order valence-corrected chi connectivity index (χ0v) is 21.0. The number of carbonyl (C=O) groups is 1. The average molecular weight is 491 g/mol. The van der Waals surface area contributed by atoms with Crippen LogP contribution in [-0.2, 0) is 29.5 Å². The van der Waals surface area contributed by atoms with E-state index in [2.05, 4.69) is 21.5 Å². The van der Waals surface area contributed by atoms with Crippen molar-refractivity contribution in [2.75, 3.05) is 19.8 Å². The molecule has 0 unspecified atom stereocenters. The Kier molecular flexibility index (Phi) is 6.57. The standard InChI is InChI=1S/C27H31FN6O2/c1-17-19(13-24(29-3)20-14-30-32(4)15-20)5-6-23(28)26(17)27-22-16-33(18(2)35)10-7-25(22)34(31-27)21-8-11-36-12-9-21/h5-6,13-15,21H,3,7-12,16H2,1-2,4H3/b24-13-. The molecule has 36 heavy (non-hydrogen) atoms. The van der Waals surface area contributed by atoms with Crippen LogP contribution in [0.4, 0.5) is 4.39 Å². The molecule has 9 heteroatoms. The summed E-state index contributed by atoms with van der Waals surface area (Å²) in [6.45, 7) is 9.64. The van der Waals surface area contributed by atoms with Crippen molar-refractivity contribution in [3.8, 4) is 11.3 Å². The molecular weight excluding hydrogens is 459 g/mol. The van der Waals surface area contributed by atoms with E-state index in [1.807, 2.05) is 26.2 Å². The van der Waals surface area contributed by atoms with Crippen LogP contribution in [0.3, 0.4) is 0 Å². The van der Waals surface area contributed by atoms with E-state index in [1.54, 1.807) is 28.8 Å². The average Bonchev–Trinajstić information content (AvgIpc) is 3.48. The van der Waals surface area contributed by atoms with Gasteiger partial charge in [0.25, 0.3) is 0 Å². The first-order chi connectivity index (χ1) is 17.4. The van der Waals surface area contributed by atoms with E-state index < -0.39 is 0 Å². The maximum atomic E-state index is 15.5. The van der Waals surface area contributed by atoms with Gasteiger partial charge in [-0.2, -0.15) is 10.2 Å². The molecule has 0 spiro atoms. The number of rotatable bonds is 5. The lowest BCUT2D eigenvalue weighted by Crippen LogP contribution is -2.35. The summed E-state index contributed by atoms with van der Waals surface area (Å²) in [6.07, 6.45) is 7.92. The number of benzene rings is 1. The minimum atomic E-state index is -0.335. The van der Waals surface area contributed by atoms with Gasteiger partial charge in [-0.15, -0.1) is 0 Å². The van der Waals surface area contributed by atoms with E-state index in [9.17, 15) is 4.79 Å². The molecule has 0 radical (unpaired) electrons. The largest absolute Gasteiger partial charge is 0.381 e. The van der Waals surface area contributed by atoms with Gasteiger partial charge in [0.15, 0.2) is 0 Å². The van der Waals surface area contributed by atoms with E-state index >= 15 is 4.39 Å². The summed E-state index contributed by atoms with van der Waals surface area (Å²) >= 11 is 0. The van der Waals surface area contributed by atoms with Crippen molar-refractivity contribution >= 4 is 24.4 Å². The Morgan fingerprint density at radius 1 is 1.31 bits per heavy atom. The highest BCUT2D eigenvalue weighted by molar-refractivity contribution is 5.85. The van der Waals surface area contributed by atoms with Gasteiger partial charge in [-0.3, -0.25) is 19.2 Å². The molecule has 1 saturated heterocycles. The number of hydrogen-bond acceptors (Lipinski definition) is 5. The van der Waals surface area contributed by atoms with Crippen LogP contribution in [0.5, 0.6) is 0 Å². The molecule has 188 valence electrons. The lowest BCUT2D eigenvalue weighted by molar-refractivity contribution is -0.129. The molecule has 5 rings (SSSR count). The number of hydrogen-bond donors (Lipinski definition) is 0. The fourth-order valence-electron chi connectivity index (χ4n) is 5.21. The molecule has 0 N–H and O–H groups in total. The Hall–Kier alpha value is -3.59. The third-order valence-corrected chi connectivity index (χ3v) is 7.22. The van der Waals surface area contributed by atoms with E-state index in [1.165, 1.54) is 6.07 Å². The topological polar surface area (TPSA) is 77.5 Å². The van der Waals surface area contributed by atoms with Crippen LogP contribution in [0, 0.1) is 12.7 Å². The first kappa shape index (κ1) is 24.1. The predicted octanol–water partition coefficient (Wildman–Crippen LogP) is 4.19. The van der Waals surface area contributed by atoms with Gasteiger partial charge < -0.3 is 9.64 Å². The van der Waals surface area contributed by atoms with Gasteiger partial charge in [0.1, 0.15) is 11.5 Å². The highest BCUT2D eigenvalue weighted by atomic mass is 19.1. The molecule has 8 nitrogen and oxygen atoms in total. The first-order valence-corrected chi connectivity index (χ1v) is 12.3. The maximum Gasteiger partial charge on any atom is 0.219 e. The van der Waals surface area contributed by atoms with E-state index in [4.69, 9.17) is 9.84 Å². The Labute approximate surface area is 210 Å². The van der Waals surface area contributed by atoms with Gasteiger partial charge in [0.05, 0.1) is 17.9 Å². The molecule has 2 aromatic heterocycles. The van der Waals surface area contributed by atoms with Crippen molar-refractivity contribution in [2.45, 2.75) is 45.7 Å².